The Balaban J connectivity index is 1.84. The fraction of sp³-hybridized carbons (Fsp3) is 0.300. The van der Waals surface area contributed by atoms with Crippen LogP contribution in [0.3, 0.4) is 0 Å². The molecule has 7 heteroatoms. The Hall–Kier alpha value is -2.90. The third-order valence-electron chi connectivity index (χ3n) is 4.30. The number of hydrogen-bond donors (Lipinski definition) is 0. The van der Waals surface area contributed by atoms with Gasteiger partial charge in [0.05, 0.1) is 29.8 Å². The molecular weight excluding hydrogens is 346 g/mol. The predicted molar refractivity (Wildman–Crippen MR) is 103 cm³/mol. The van der Waals surface area contributed by atoms with E-state index in [0.29, 0.717) is 37.9 Å². The van der Waals surface area contributed by atoms with Gasteiger partial charge in [-0.2, -0.15) is 0 Å². The van der Waals surface area contributed by atoms with Gasteiger partial charge in [-0.3, -0.25) is 4.40 Å². The van der Waals surface area contributed by atoms with Gasteiger partial charge in [-0.15, -0.1) is 0 Å². The molecule has 7 nitrogen and oxygen atoms in total. The van der Waals surface area contributed by atoms with Crippen LogP contribution in [0.2, 0.25) is 0 Å². The lowest BCUT2D eigenvalue weighted by molar-refractivity contribution is 0.132. The highest BCUT2D eigenvalue weighted by Crippen LogP contribution is 2.34. The van der Waals surface area contributed by atoms with Crippen molar-refractivity contribution in [3.05, 3.63) is 42.7 Å². The number of para-hydroxylation sites is 2. The van der Waals surface area contributed by atoms with Crippen LogP contribution in [-0.4, -0.2) is 55.0 Å². The molecule has 2 aromatic heterocycles. The fourth-order valence-electron chi connectivity index (χ4n) is 3.00. The normalized spacial score (nSPS) is 11.5. The summed E-state index contributed by atoms with van der Waals surface area (Å²) in [5.41, 5.74) is 3.57. The van der Waals surface area contributed by atoms with Crippen LogP contribution < -0.4 is 9.47 Å². The number of fused-ring (bicyclic) bond motifs is 5. The number of methoxy groups -OCH3 is 2. The first kappa shape index (κ1) is 17.5. The molecule has 0 saturated carbocycles. The molecular formula is C20H21N3O4. The van der Waals surface area contributed by atoms with Crippen molar-refractivity contribution in [2.45, 2.75) is 0 Å². The number of hydrogen-bond acceptors (Lipinski definition) is 6. The van der Waals surface area contributed by atoms with E-state index in [2.05, 4.69) is 4.98 Å². The molecule has 0 amide bonds. The molecule has 27 heavy (non-hydrogen) atoms. The van der Waals surface area contributed by atoms with Crippen molar-refractivity contribution in [2.24, 2.45) is 0 Å². The van der Waals surface area contributed by atoms with Gasteiger partial charge in [-0.05, 0) is 18.2 Å². The lowest BCUT2D eigenvalue weighted by atomic mass is 10.2. The zero-order valence-electron chi connectivity index (χ0n) is 15.3. The molecule has 0 aliphatic carbocycles. The van der Waals surface area contributed by atoms with E-state index in [0.717, 1.165) is 27.6 Å². The minimum Gasteiger partial charge on any atom is -0.487 e. The molecule has 2 heterocycles. The fourth-order valence-corrected chi connectivity index (χ4v) is 3.00. The standard InChI is InChI=1S/C20H21N3O4/c1-24-7-9-26-18-11-14-16(12-19(18)27-10-8-25-2)21-13-23-17-6-4-3-5-15(17)22-20(14)23/h3-6,11-13H,7-10H2,1-2H3. The second-order valence-corrected chi connectivity index (χ2v) is 6.04. The van der Waals surface area contributed by atoms with Crippen LogP contribution in [0, 0.1) is 0 Å². The van der Waals surface area contributed by atoms with E-state index in [1.165, 1.54) is 0 Å². The van der Waals surface area contributed by atoms with Crippen LogP contribution in [0.4, 0.5) is 0 Å². The van der Waals surface area contributed by atoms with Crippen LogP contribution in [0.1, 0.15) is 0 Å². The van der Waals surface area contributed by atoms with Gasteiger partial charge in [0.1, 0.15) is 25.2 Å². The van der Waals surface area contributed by atoms with Gasteiger partial charge in [-0.25, -0.2) is 9.97 Å². The Morgan fingerprint density at radius 2 is 1.56 bits per heavy atom. The van der Waals surface area contributed by atoms with Crippen LogP contribution in [0.5, 0.6) is 11.5 Å². The molecule has 0 saturated heterocycles. The van der Waals surface area contributed by atoms with E-state index in [-0.39, 0.29) is 0 Å². The van der Waals surface area contributed by atoms with Crippen LogP contribution in [-0.2, 0) is 9.47 Å². The zero-order chi connectivity index (χ0) is 18.6. The quantitative estimate of drug-likeness (QED) is 0.446. The summed E-state index contributed by atoms with van der Waals surface area (Å²) in [5, 5.41) is 0.903. The van der Waals surface area contributed by atoms with Gasteiger partial charge in [0.25, 0.3) is 0 Å². The molecule has 2 aromatic carbocycles. The lowest BCUT2D eigenvalue weighted by Gasteiger charge is -2.14. The highest BCUT2D eigenvalue weighted by Gasteiger charge is 2.14. The average Bonchev–Trinajstić information content (AvgIpc) is 3.07. The number of benzene rings is 2. The molecule has 0 fully saturated rings. The highest BCUT2D eigenvalue weighted by atomic mass is 16.5. The third-order valence-corrected chi connectivity index (χ3v) is 4.30. The molecule has 0 radical (unpaired) electrons. The first-order valence-corrected chi connectivity index (χ1v) is 8.75. The second-order valence-electron chi connectivity index (χ2n) is 6.04. The van der Waals surface area contributed by atoms with Gasteiger partial charge in [-0.1, -0.05) is 12.1 Å². The minimum absolute atomic E-state index is 0.426. The smallest absolute Gasteiger partial charge is 0.163 e. The SMILES string of the molecule is COCCOc1cc2ncn3c4ccccc4nc3c2cc1OCCOC. The maximum atomic E-state index is 5.88. The van der Waals surface area contributed by atoms with Gasteiger partial charge in [0, 0.05) is 25.7 Å². The van der Waals surface area contributed by atoms with Crippen molar-refractivity contribution in [3.63, 3.8) is 0 Å². The minimum atomic E-state index is 0.426. The van der Waals surface area contributed by atoms with Crippen LogP contribution in [0.25, 0.3) is 27.6 Å². The molecule has 0 spiro atoms. The topological polar surface area (TPSA) is 67.1 Å². The first-order chi connectivity index (χ1) is 13.3. The van der Waals surface area contributed by atoms with E-state index in [4.69, 9.17) is 23.9 Å². The predicted octanol–water partition coefficient (Wildman–Crippen LogP) is 3.09. The Kier molecular flexibility index (Phi) is 5.04. The Bertz CT molecular complexity index is 1080. The molecule has 140 valence electrons. The van der Waals surface area contributed by atoms with Crippen molar-refractivity contribution in [3.8, 4) is 11.5 Å². The van der Waals surface area contributed by atoms with E-state index in [1.807, 2.05) is 40.8 Å². The van der Waals surface area contributed by atoms with Gasteiger partial charge in [0.2, 0.25) is 0 Å². The summed E-state index contributed by atoms with van der Waals surface area (Å²) in [6.07, 6.45) is 1.79. The Morgan fingerprint density at radius 3 is 2.30 bits per heavy atom. The summed E-state index contributed by atoms with van der Waals surface area (Å²) in [6.45, 7) is 1.84. The largest absolute Gasteiger partial charge is 0.487 e. The van der Waals surface area contributed by atoms with E-state index < -0.39 is 0 Å². The molecule has 0 aliphatic heterocycles. The van der Waals surface area contributed by atoms with Crippen LogP contribution >= 0.6 is 0 Å². The molecule has 0 N–H and O–H groups in total. The van der Waals surface area contributed by atoms with E-state index in [9.17, 15) is 0 Å². The number of ether oxygens (including phenoxy) is 4. The number of aromatic nitrogens is 3. The maximum absolute atomic E-state index is 5.88. The van der Waals surface area contributed by atoms with E-state index >= 15 is 0 Å². The summed E-state index contributed by atoms with van der Waals surface area (Å²) >= 11 is 0. The van der Waals surface area contributed by atoms with Crippen LogP contribution in [0.15, 0.2) is 42.7 Å². The van der Waals surface area contributed by atoms with Crippen molar-refractivity contribution in [2.75, 3.05) is 40.6 Å². The summed E-state index contributed by atoms with van der Waals surface area (Å²) < 4.78 is 23.9. The molecule has 4 aromatic rings. The molecule has 0 unspecified atom stereocenters. The zero-order valence-corrected chi connectivity index (χ0v) is 15.3. The van der Waals surface area contributed by atoms with Crippen molar-refractivity contribution in [1.82, 2.24) is 14.4 Å². The number of imidazole rings is 1. The number of rotatable bonds is 8. The highest BCUT2D eigenvalue weighted by molar-refractivity contribution is 5.97. The van der Waals surface area contributed by atoms with Crippen molar-refractivity contribution >= 4 is 27.6 Å². The maximum Gasteiger partial charge on any atom is 0.163 e. The monoisotopic (exact) mass is 367 g/mol. The first-order valence-electron chi connectivity index (χ1n) is 8.75. The summed E-state index contributed by atoms with van der Waals surface area (Å²) in [6, 6.07) is 11.8. The Labute approximate surface area is 156 Å². The van der Waals surface area contributed by atoms with Gasteiger partial charge >= 0.3 is 0 Å². The summed E-state index contributed by atoms with van der Waals surface area (Å²) in [7, 11) is 3.28. The van der Waals surface area contributed by atoms with Crippen molar-refractivity contribution < 1.29 is 18.9 Å². The number of nitrogens with zero attached hydrogens (tertiary/aromatic N) is 3. The van der Waals surface area contributed by atoms with Gasteiger partial charge in [0.15, 0.2) is 11.5 Å². The molecule has 0 aliphatic rings. The average molecular weight is 367 g/mol. The van der Waals surface area contributed by atoms with Crippen molar-refractivity contribution in [1.29, 1.82) is 0 Å². The lowest BCUT2D eigenvalue weighted by Crippen LogP contribution is -2.08. The molecule has 0 atom stereocenters. The summed E-state index contributed by atoms with van der Waals surface area (Å²) in [4.78, 5) is 9.36. The second kappa shape index (κ2) is 7.77. The molecule has 4 rings (SSSR count). The Morgan fingerprint density at radius 1 is 0.852 bits per heavy atom. The van der Waals surface area contributed by atoms with E-state index in [1.54, 1.807) is 20.5 Å². The van der Waals surface area contributed by atoms with Gasteiger partial charge < -0.3 is 18.9 Å². The molecule has 0 bridgehead atoms. The summed E-state index contributed by atoms with van der Waals surface area (Å²) in [5.74, 6) is 1.27. The third kappa shape index (κ3) is 3.39.